The van der Waals surface area contributed by atoms with Crippen molar-refractivity contribution in [1.29, 1.82) is 0 Å². The summed E-state index contributed by atoms with van der Waals surface area (Å²) in [6.07, 6.45) is 1.20. The Kier molecular flexibility index (Phi) is 4.27. The number of fused-ring (bicyclic) bond motifs is 2. The number of amides is 1. The zero-order valence-electron chi connectivity index (χ0n) is 16.6. The minimum Gasteiger partial charge on any atom is -0.454 e. The Balaban J connectivity index is 1.86. The van der Waals surface area contributed by atoms with Gasteiger partial charge in [-0.2, -0.15) is 0 Å². The van der Waals surface area contributed by atoms with Gasteiger partial charge in [-0.3, -0.25) is 9.59 Å². The molecule has 8 heteroatoms. The molecule has 1 amide bonds. The molecule has 1 fully saturated rings. The lowest BCUT2D eigenvalue weighted by Crippen LogP contribution is -2.66. The molecule has 0 saturated carbocycles. The van der Waals surface area contributed by atoms with Gasteiger partial charge in [0.25, 0.3) is 17.5 Å². The van der Waals surface area contributed by atoms with Crippen molar-refractivity contribution in [2.45, 2.75) is 36.9 Å². The molecule has 2 aromatic carbocycles. The molecule has 2 atom stereocenters. The van der Waals surface area contributed by atoms with Crippen LogP contribution in [-0.4, -0.2) is 44.0 Å². The Labute approximate surface area is 186 Å². The molecule has 0 aromatic heterocycles. The molecule has 3 aliphatic rings. The number of unbranched alkanes of at least 4 members (excludes halogenated alkanes) is 1. The molecular formula is C23H20BrNO6. The van der Waals surface area contributed by atoms with Crippen LogP contribution in [0.4, 0.5) is 0 Å². The summed E-state index contributed by atoms with van der Waals surface area (Å²) in [5, 5.41) is 34.9. The molecule has 0 unspecified atom stereocenters. The lowest BCUT2D eigenvalue weighted by atomic mass is 9.78. The summed E-state index contributed by atoms with van der Waals surface area (Å²) in [5.74, 6) is -6.93. The van der Waals surface area contributed by atoms with E-state index in [1.165, 1.54) is 12.1 Å². The average Bonchev–Trinajstić information content (AvgIpc) is 3.22. The Bertz CT molecular complexity index is 1160. The number of carbonyl (C=O) groups is 2. The molecule has 1 aliphatic carbocycles. The number of hydrogen-bond acceptors (Lipinski definition) is 6. The van der Waals surface area contributed by atoms with Gasteiger partial charge in [0.05, 0.1) is 5.57 Å². The highest BCUT2D eigenvalue weighted by Gasteiger charge is 2.84. The van der Waals surface area contributed by atoms with Crippen molar-refractivity contribution < 1.29 is 29.6 Å². The lowest BCUT2D eigenvalue weighted by molar-refractivity contribution is -0.312. The van der Waals surface area contributed by atoms with Gasteiger partial charge < -0.3 is 25.0 Å². The second kappa shape index (κ2) is 6.49. The first-order valence-corrected chi connectivity index (χ1v) is 10.8. The van der Waals surface area contributed by atoms with Crippen LogP contribution < -0.4 is 0 Å². The number of nitrogens with zero attached hydrogens (tertiary/aromatic N) is 1. The minimum atomic E-state index is -2.75. The van der Waals surface area contributed by atoms with E-state index in [1.54, 1.807) is 36.4 Å². The van der Waals surface area contributed by atoms with Crippen LogP contribution in [0.2, 0.25) is 0 Å². The number of likely N-dealkylation sites (tertiary alicyclic amines) is 1. The molecule has 0 radical (unpaired) electrons. The number of carbonyl (C=O) groups excluding carboxylic acids is 2. The number of hydrogen-bond donors (Lipinski definition) is 3. The van der Waals surface area contributed by atoms with Crippen molar-refractivity contribution in [3.8, 4) is 0 Å². The Hall–Kier alpha value is -2.52. The van der Waals surface area contributed by atoms with Crippen LogP contribution in [-0.2, 0) is 25.9 Å². The summed E-state index contributed by atoms with van der Waals surface area (Å²) in [4.78, 5) is 27.5. The van der Waals surface area contributed by atoms with E-state index in [2.05, 4.69) is 15.9 Å². The largest absolute Gasteiger partial charge is 0.454 e. The molecule has 2 aromatic rings. The topological polar surface area (TPSA) is 107 Å². The number of rotatable bonds is 4. The molecule has 1 saturated heterocycles. The van der Waals surface area contributed by atoms with Crippen molar-refractivity contribution in [3.05, 3.63) is 75.3 Å². The van der Waals surface area contributed by atoms with Crippen LogP contribution in [0.1, 0.15) is 36.5 Å². The fourth-order valence-electron chi connectivity index (χ4n) is 5.09. The monoisotopic (exact) mass is 485 g/mol. The Morgan fingerprint density at radius 2 is 1.65 bits per heavy atom. The quantitative estimate of drug-likeness (QED) is 0.452. The molecule has 7 nitrogen and oxygen atoms in total. The number of ether oxygens (including phenoxy) is 1. The fraction of sp³-hybridized carbons (Fsp3) is 0.304. The molecule has 160 valence electrons. The number of halogens is 1. The maximum absolute atomic E-state index is 13.3. The number of Topliss-reactive ketones (excluding diaryl/α,β-unsaturated/α-hetero) is 1. The molecule has 5 rings (SSSR count). The van der Waals surface area contributed by atoms with E-state index in [4.69, 9.17) is 4.74 Å². The summed E-state index contributed by atoms with van der Waals surface area (Å²) in [5.41, 5.74) is -1.91. The van der Waals surface area contributed by atoms with Crippen molar-refractivity contribution >= 4 is 33.4 Å². The van der Waals surface area contributed by atoms with Crippen LogP contribution >= 0.6 is 15.9 Å². The van der Waals surface area contributed by atoms with Gasteiger partial charge in [0.2, 0.25) is 11.3 Å². The van der Waals surface area contributed by atoms with E-state index in [1.807, 2.05) is 6.92 Å². The first kappa shape index (κ1) is 20.4. The van der Waals surface area contributed by atoms with Crippen molar-refractivity contribution in [2.24, 2.45) is 0 Å². The highest BCUT2D eigenvalue weighted by atomic mass is 79.9. The second-order valence-electron chi connectivity index (χ2n) is 8.02. The third kappa shape index (κ3) is 2.23. The van der Waals surface area contributed by atoms with Crippen molar-refractivity contribution in [2.75, 3.05) is 6.54 Å². The van der Waals surface area contributed by atoms with Gasteiger partial charge in [-0.25, -0.2) is 0 Å². The molecule has 31 heavy (non-hydrogen) atoms. The zero-order chi connectivity index (χ0) is 22.2. The van der Waals surface area contributed by atoms with Crippen molar-refractivity contribution in [1.82, 2.24) is 4.90 Å². The number of aliphatic hydroxyl groups is 3. The van der Waals surface area contributed by atoms with Gasteiger partial charge in [-0.15, -0.1) is 0 Å². The SMILES string of the molecule is CCCCN1C(=O)C(=O)C2=C(c3ccc(Br)cc3)O[C@@]3(O)c4ccccc4C(O)(O)[C@@]213. The highest BCUT2D eigenvalue weighted by molar-refractivity contribution is 9.10. The maximum Gasteiger partial charge on any atom is 0.296 e. The summed E-state index contributed by atoms with van der Waals surface area (Å²) < 4.78 is 6.82. The Morgan fingerprint density at radius 1 is 1.00 bits per heavy atom. The van der Waals surface area contributed by atoms with Gasteiger partial charge in [0.1, 0.15) is 5.76 Å². The summed E-state index contributed by atoms with van der Waals surface area (Å²) in [6.45, 7) is 1.97. The van der Waals surface area contributed by atoms with E-state index >= 15 is 0 Å². The van der Waals surface area contributed by atoms with Gasteiger partial charge in [0, 0.05) is 27.7 Å². The molecule has 1 spiro atoms. The second-order valence-corrected chi connectivity index (χ2v) is 8.94. The van der Waals surface area contributed by atoms with E-state index in [9.17, 15) is 24.9 Å². The van der Waals surface area contributed by atoms with Crippen molar-refractivity contribution in [3.63, 3.8) is 0 Å². The van der Waals surface area contributed by atoms with E-state index < -0.39 is 28.8 Å². The smallest absolute Gasteiger partial charge is 0.296 e. The number of ketones is 1. The predicted octanol–water partition coefficient (Wildman–Crippen LogP) is 2.14. The highest BCUT2D eigenvalue weighted by Crippen LogP contribution is 2.67. The van der Waals surface area contributed by atoms with Crippen LogP contribution in [0.15, 0.2) is 58.6 Å². The molecule has 2 heterocycles. The first-order chi connectivity index (χ1) is 14.7. The first-order valence-electron chi connectivity index (χ1n) is 10.0. The third-order valence-corrected chi connectivity index (χ3v) is 6.94. The zero-order valence-corrected chi connectivity index (χ0v) is 18.2. The van der Waals surface area contributed by atoms with Crippen LogP contribution in [0.3, 0.4) is 0 Å². The number of benzene rings is 2. The normalized spacial score (nSPS) is 28.0. The average molecular weight is 486 g/mol. The predicted molar refractivity (Wildman–Crippen MR) is 113 cm³/mol. The standard InChI is InChI=1S/C23H20BrNO6/c1-2-3-12-25-20(27)18(26)17-19(13-8-10-14(24)11-9-13)31-23(30)16-7-5-4-6-15(16)22(28,29)21(17,23)25/h4-11,28-30H,2-3,12H2,1H3/t21-,23+/m1/s1. The summed E-state index contributed by atoms with van der Waals surface area (Å²) in [7, 11) is 0. The van der Waals surface area contributed by atoms with E-state index in [-0.39, 0.29) is 29.0 Å². The molecule has 0 bridgehead atoms. The summed E-state index contributed by atoms with van der Waals surface area (Å²) in [6, 6.07) is 13.0. The van der Waals surface area contributed by atoms with Gasteiger partial charge in [-0.1, -0.05) is 65.7 Å². The van der Waals surface area contributed by atoms with E-state index in [0.717, 1.165) is 9.37 Å². The fourth-order valence-corrected chi connectivity index (χ4v) is 5.35. The Morgan fingerprint density at radius 3 is 2.29 bits per heavy atom. The minimum absolute atomic E-state index is 0.00569. The molecule has 3 N–H and O–H groups in total. The van der Waals surface area contributed by atoms with Crippen LogP contribution in [0.5, 0.6) is 0 Å². The van der Waals surface area contributed by atoms with Gasteiger partial charge in [0.15, 0.2) is 0 Å². The third-order valence-electron chi connectivity index (χ3n) is 6.41. The summed E-state index contributed by atoms with van der Waals surface area (Å²) >= 11 is 3.35. The maximum atomic E-state index is 13.3. The van der Waals surface area contributed by atoms with Crippen LogP contribution in [0, 0.1) is 0 Å². The van der Waals surface area contributed by atoms with E-state index in [0.29, 0.717) is 18.4 Å². The lowest BCUT2D eigenvalue weighted by Gasteiger charge is -2.45. The molecular weight excluding hydrogens is 466 g/mol. The van der Waals surface area contributed by atoms with Crippen LogP contribution in [0.25, 0.3) is 5.76 Å². The molecule has 2 aliphatic heterocycles. The van der Waals surface area contributed by atoms with Gasteiger partial charge >= 0.3 is 0 Å². The van der Waals surface area contributed by atoms with Gasteiger partial charge in [-0.05, 0) is 18.6 Å².